The van der Waals surface area contributed by atoms with E-state index in [1.807, 2.05) is 61.5 Å². The second-order valence-corrected chi connectivity index (χ2v) is 5.74. The third-order valence-corrected chi connectivity index (χ3v) is 3.83. The van der Waals surface area contributed by atoms with Gasteiger partial charge in [0.1, 0.15) is 17.3 Å². The molecule has 0 spiro atoms. The van der Waals surface area contributed by atoms with Gasteiger partial charge in [0, 0.05) is 35.6 Å². The number of nitrogens with zero attached hydrogens (tertiary/aromatic N) is 2. The topological polar surface area (TPSA) is 68.3 Å². The molecule has 1 aromatic heterocycles. The lowest BCUT2D eigenvalue weighted by molar-refractivity contribution is 0.410. The number of aryl methyl sites for hydroxylation is 1. The van der Waals surface area contributed by atoms with Gasteiger partial charge in [0.05, 0.1) is 14.2 Å². The smallest absolute Gasteiger partial charge is 0.229 e. The van der Waals surface area contributed by atoms with Crippen molar-refractivity contribution < 1.29 is 9.47 Å². The molecule has 1 heterocycles. The predicted molar refractivity (Wildman–Crippen MR) is 103 cm³/mol. The minimum atomic E-state index is 0.528. The average Bonchev–Trinajstić information content (AvgIpc) is 2.66. The van der Waals surface area contributed by atoms with Crippen molar-refractivity contribution in [3.63, 3.8) is 0 Å². The molecule has 0 bridgehead atoms. The molecule has 3 rings (SSSR count). The Balaban J connectivity index is 1.75. The van der Waals surface area contributed by atoms with Gasteiger partial charge in [-0.25, -0.2) is 4.98 Å². The highest BCUT2D eigenvalue weighted by Gasteiger charge is 2.06. The van der Waals surface area contributed by atoms with E-state index in [1.54, 1.807) is 14.2 Å². The Morgan fingerprint density at radius 3 is 2.58 bits per heavy atom. The molecule has 0 aliphatic rings. The number of anilines is 3. The van der Waals surface area contributed by atoms with Gasteiger partial charge in [-0.05, 0) is 25.1 Å². The van der Waals surface area contributed by atoms with Crippen molar-refractivity contribution in [2.24, 2.45) is 0 Å². The highest BCUT2D eigenvalue weighted by atomic mass is 16.5. The van der Waals surface area contributed by atoms with Crippen LogP contribution in [-0.4, -0.2) is 24.2 Å². The minimum Gasteiger partial charge on any atom is -0.497 e. The van der Waals surface area contributed by atoms with Gasteiger partial charge in [0.25, 0.3) is 0 Å². The van der Waals surface area contributed by atoms with Crippen molar-refractivity contribution in [3.8, 4) is 11.5 Å². The highest BCUT2D eigenvalue weighted by molar-refractivity contribution is 5.57. The number of hydrogen-bond acceptors (Lipinski definition) is 6. The Morgan fingerprint density at radius 2 is 1.77 bits per heavy atom. The fourth-order valence-corrected chi connectivity index (χ4v) is 2.58. The van der Waals surface area contributed by atoms with Crippen LogP contribution in [0.4, 0.5) is 17.5 Å². The van der Waals surface area contributed by atoms with Gasteiger partial charge in [-0.1, -0.05) is 24.3 Å². The average molecular weight is 350 g/mol. The van der Waals surface area contributed by atoms with Gasteiger partial charge in [-0.15, -0.1) is 0 Å². The number of benzene rings is 2. The summed E-state index contributed by atoms with van der Waals surface area (Å²) < 4.78 is 10.6. The number of hydrogen-bond donors (Lipinski definition) is 2. The quantitative estimate of drug-likeness (QED) is 0.667. The van der Waals surface area contributed by atoms with Crippen LogP contribution >= 0.6 is 0 Å². The van der Waals surface area contributed by atoms with Crippen LogP contribution in [0.1, 0.15) is 11.3 Å². The third-order valence-electron chi connectivity index (χ3n) is 3.83. The minimum absolute atomic E-state index is 0.528. The number of ether oxygens (including phenoxy) is 2. The summed E-state index contributed by atoms with van der Waals surface area (Å²) in [5.41, 5.74) is 2.80. The number of aromatic nitrogens is 2. The standard InChI is InChI=1S/C20H22N4O2/c1-14-11-19(21-13-15-7-4-5-10-18(15)26-3)24-20(22-14)23-16-8-6-9-17(12-16)25-2/h4-12H,13H2,1-3H3,(H2,21,22,23,24). The predicted octanol–water partition coefficient (Wildman–Crippen LogP) is 4.16. The van der Waals surface area contributed by atoms with Gasteiger partial charge in [-0.3, -0.25) is 0 Å². The van der Waals surface area contributed by atoms with Gasteiger partial charge in [-0.2, -0.15) is 4.98 Å². The zero-order valence-corrected chi connectivity index (χ0v) is 15.1. The first kappa shape index (κ1) is 17.5. The Hall–Kier alpha value is -3.28. The van der Waals surface area contributed by atoms with Crippen LogP contribution in [0.2, 0.25) is 0 Å². The third kappa shape index (κ3) is 4.42. The fourth-order valence-electron chi connectivity index (χ4n) is 2.58. The molecular weight excluding hydrogens is 328 g/mol. The number of methoxy groups -OCH3 is 2. The second-order valence-electron chi connectivity index (χ2n) is 5.74. The normalized spacial score (nSPS) is 10.3. The van der Waals surface area contributed by atoms with E-state index in [0.717, 1.165) is 34.3 Å². The van der Waals surface area contributed by atoms with E-state index in [2.05, 4.69) is 20.6 Å². The van der Waals surface area contributed by atoms with Crippen LogP contribution in [0.25, 0.3) is 0 Å². The first-order valence-electron chi connectivity index (χ1n) is 8.30. The van der Waals surface area contributed by atoms with Crippen molar-refractivity contribution in [2.75, 3.05) is 24.9 Å². The summed E-state index contributed by atoms with van der Waals surface area (Å²) in [4.78, 5) is 8.99. The van der Waals surface area contributed by atoms with Crippen LogP contribution in [0.15, 0.2) is 54.6 Å². The van der Waals surface area contributed by atoms with Crippen molar-refractivity contribution in [1.82, 2.24) is 9.97 Å². The molecule has 0 saturated heterocycles. The Bertz CT molecular complexity index is 883. The molecule has 134 valence electrons. The molecule has 2 aromatic carbocycles. The molecule has 6 nitrogen and oxygen atoms in total. The molecule has 0 atom stereocenters. The van der Waals surface area contributed by atoms with E-state index in [0.29, 0.717) is 12.5 Å². The first-order valence-corrected chi connectivity index (χ1v) is 8.30. The Labute approximate surface area is 153 Å². The molecule has 0 aliphatic carbocycles. The van der Waals surface area contributed by atoms with Crippen LogP contribution in [0.3, 0.4) is 0 Å². The fraction of sp³-hybridized carbons (Fsp3) is 0.200. The number of para-hydroxylation sites is 1. The maximum atomic E-state index is 5.39. The van der Waals surface area contributed by atoms with Crippen LogP contribution in [-0.2, 0) is 6.54 Å². The van der Waals surface area contributed by atoms with E-state index in [9.17, 15) is 0 Å². The molecule has 2 N–H and O–H groups in total. The maximum Gasteiger partial charge on any atom is 0.229 e. The van der Waals surface area contributed by atoms with E-state index in [4.69, 9.17) is 9.47 Å². The lowest BCUT2D eigenvalue weighted by Crippen LogP contribution is -2.06. The largest absolute Gasteiger partial charge is 0.497 e. The van der Waals surface area contributed by atoms with Crippen molar-refractivity contribution in [1.29, 1.82) is 0 Å². The molecule has 0 unspecified atom stereocenters. The Kier molecular flexibility index (Phi) is 5.53. The monoisotopic (exact) mass is 350 g/mol. The van der Waals surface area contributed by atoms with E-state index < -0.39 is 0 Å². The summed E-state index contributed by atoms with van der Waals surface area (Å²) in [6, 6.07) is 17.5. The molecule has 0 aliphatic heterocycles. The van der Waals surface area contributed by atoms with Crippen LogP contribution < -0.4 is 20.1 Å². The van der Waals surface area contributed by atoms with Crippen molar-refractivity contribution in [2.45, 2.75) is 13.5 Å². The molecule has 0 radical (unpaired) electrons. The molecule has 0 amide bonds. The zero-order valence-electron chi connectivity index (χ0n) is 15.1. The molecule has 0 fully saturated rings. The highest BCUT2D eigenvalue weighted by Crippen LogP contribution is 2.22. The van der Waals surface area contributed by atoms with Crippen molar-refractivity contribution >= 4 is 17.5 Å². The van der Waals surface area contributed by atoms with Crippen molar-refractivity contribution in [3.05, 3.63) is 65.9 Å². The second kappa shape index (κ2) is 8.20. The van der Waals surface area contributed by atoms with Crippen LogP contribution in [0.5, 0.6) is 11.5 Å². The summed E-state index contributed by atoms with van der Waals surface area (Å²) in [5.74, 6) is 2.90. The van der Waals surface area contributed by atoms with Gasteiger partial charge in [0.2, 0.25) is 5.95 Å². The summed E-state index contributed by atoms with van der Waals surface area (Å²) in [5, 5.41) is 6.54. The summed E-state index contributed by atoms with van der Waals surface area (Å²) in [7, 11) is 3.31. The zero-order chi connectivity index (χ0) is 18.4. The lowest BCUT2D eigenvalue weighted by atomic mass is 10.2. The van der Waals surface area contributed by atoms with Gasteiger partial charge < -0.3 is 20.1 Å². The SMILES string of the molecule is COc1cccc(Nc2nc(C)cc(NCc3ccccc3OC)n2)c1. The van der Waals surface area contributed by atoms with E-state index in [-0.39, 0.29) is 0 Å². The van der Waals surface area contributed by atoms with Gasteiger partial charge >= 0.3 is 0 Å². The Morgan fingerprint density at radius 1 is 0.923 bits per heavy atom. The molecule has 26 heavy (non-hydrogen) atoms. The molecule has 0 saturated carbocycles. The summed E-state index contributed by atoms with van der Waals surface area (Å²) in [6.45, 7) is 2.55. The number of rotatable bonds is 7. The van der Waals surface area contributed by atoms with E-state index >= 15 is 0 Å². The van der Waals surface area contributed by atoms with E-state index in [1.165, 1.54) is 0 Å². The lowest BCUT2D eigenvalue weighted by Gasteiger charge is -2.12. The first-order chi connectivity index (χ1) is 12.7. The van der Waals surface area contributed by atoms with Gasteiger partial charge in [0.15, 0.2) is 0 Å². The summed E-state index contributed by atoms with van der Waals surface area (Å²) >= 11 is 0. The van der Waals surface area contributed by atoms with Crippen LogP contribution in [0, 0.1) is 6.92 Å². The maximum absolute atomic E-state index is 5.39. The number of nitrogens with one attached hydrogen (secondary N) is 2. The summed E-state index contributed by atoms with van der Waals surface area (Å²) in [6.07, 6.45) is 0. The molecule has 6 heteroatoms. The molecule has 3 aromatic rings. The molecular formula is C20H22N4O2.